The van der Waals surface area contributed by atoms with E-state index < -0.39 is 5.60 Å². The fourth-order valence-corrected chi connectivity index (χ4v) is 4.72. The van der Waals surface area contributed by atoms with Gasteiger partial charge in [-0.2, -0.15) is 0 Å². The van der Waals surface area contributed by atoms with E-state index >= 15 is 0 Å². The lowest BCUT2D eigenvalue weighted by molar-refractivity contribution is -0.147. The third-order valence-electron chi connectivity index (χ3n) is 6.17. The number of nitrogens with zero attached hydrogens (tertiary/aromatic N) is 1. The Kier molecular flexibility index (Phi) is 11.0. The normalized spacial score (nSPS) is 17.7. The predicted octanol–water partition coefficient (Wildman–Crippen LogP) is 6.14. The molecule has 0 saturated carbocycles. The Hall–Kier alpha value is -1.59. The summed E-state index contributed by atoms with van der Waals surface area (Å²) in [6.07, 6.45) is 6.24. The number of carbonyl (C=O) groups is 1. The smallest absolute Gasteiger partial charge is 0.256 e. The first-order chi connectivity index (χ1) is 15.3. The maximum Gasteiger partial charge on any atom is 0.256 e. The number of carbonyl (C=O) groups excluding carboxylic acids is 1. The number of rotatable bonds is 13. The highest BCUT2D eigenvalue weighted by Gasteiger charge is 2.40. The Labute approximate surface area is 196 Å². The second-order valence-corrected chi connectivity index (χ2v) is 10.2. The van der Waals surface area contributed by atoms with Gasteiger partial charge in [0, 0.05) is 24.9 Å². The van der Waals surface area contributed by atoms with Crippen LogP contribution in [0, 0.1) is 11.8 Å². The summed E-state index contributed by atoms with van der Waals surface area (Å²) in [5, 5.41) is 3.12. The largest absolute Gasteiger partial charge is 0.492 e. The fraction of sp³-hybridized carbons (Fsp3) is 0.741. The summed E-state index contributed by atoms with van der Waals surface area (Å²) in [6.45, 7) is 16.4. The van der Waals surface area contributed by atoms with Gasteiger partial charge in [-0.05, 0) is 81.7 Å². The second-order valence-electron chi connectivity index (χ2n) is 10.2. The molecule has 0 radical (unpaired) electrons. The number of piperidine rings is 1. The van der Waals surface area contributed by atoms with Gasteiger partial charge in [0.1, 0.15) is 18.0 Å². The van der Waals surface area contributed by atoms with Crippen molar-refractivity contribution in [2.45, 2.75) is 91.7 Å². The monoisotopic (exact) mass is 446 g/mol. The van der Waals surface area contributed by atoms with E-state index in [1.54, 1.807) is 0 Å². The lowest BCUT2D eigenvalue weighted by Gasteiger charge is -2.35. The van der Waals surface area contributed by atoms with Crippen LogP contribution in [0.1, 0.15) is 80.1 Å². The average Bonchev–Trinajstić information content (AvgIpc) is 2.73. The van der Waals surface area contributed by atoms with E-state index in [1.807, 2.05) is 24.3 Å². The van der Waals surface area contributed by atoms with Gasteiger partial charge < -0.3 is 14.8 Å². The van der Waals surface area contributed by atoms with E-state index in [0.717, 1.165) is 24.4 Å². The number of likely N-dealkylation sites (tertiary alicyclic amines) is 1. The Morgan fingerprint density at radius 1 is 1.09 bits per heavy atom. The summed E-state index contributed by atoms with van der Waals surface area (Å²) in [5.41, 5.74) is -0.0115. The Morgan fingerprint density at radius 3 is 2.31 bits per heavy atom. The molecule has 1 saturated heterocycles. The first-order valence-electron chi connectivity index (χ1n) is 12.7. The van der Waals surface area contributed by atoms with Crippen LogP contribution in [0.3, 0.4) is 0 Å². The molecule has 5 heteroatoms. The molecule has 32 heavy (non-hydrogen) atoms. The quantitative estimate of drug-likeness (QED) is 0.396. The number of anilines is 1. The molecule has 1 amide bonds. The van der Waals surface area contributed by atoms with Gasteiger partial charge in [0.05, 0.1) is 0 Å². The fourth-order valence-electron chi connectivity index (χ4n) is 4.72. The van der Waals surface area contributed by atoms with E-state index in [-0.39, 0.29) is 5.91 Å². The molecular weight excluding hydrogens is 400 g/mol. The van der Waals surface area contributed by atoms with Gasteiger partial charge in [-0.15, -0.1) is 0 Å². The molecule has 0 unspecified atom stereocenters. The van der Waals surface area contributed by atoms with Crippen molar-refractivity contribution < 1.29 is 14.3 Å². The summed E-state index contributed by atoms with van der Waals surface area (Å²) < 4.78 is 12.2. The van der Waals surface area contributed by atoms with Gasteiger partial charge in [-0.25, -0.2) is 0 Å². The van der Waals surface area contributed by atoms with Crippen molar-refractivity contribution in [3.63, 3.8) is 0 Å². The van der Waals surface area contributed by atoms with Gasteiger partial charge in [0.2, 0.25) is 0 Å². The zero-order valence-electron chi connectivity index (χ0n) is 21.3. The molecule has 0 aromatic heterocycles. The Morgan fingerprint density at radius 2 is 1.75 bits per heavy atom. The standard InChI is InChI=1S/C27H46N2O3/c1-7-17-32-27(19-21(2)3,20-22(4)5)26(30)28-24-11-13-25(14-12-24)31-18-16-29-15-9-8-10-23(29)6/h11-14,21-23H,7-10,15-20H2,1-6H3,(H,28,30)/t23-/m0/s1. The van der Waals surface area contributed by atoms with Crippen LogP contribution in [0.5, 0.6) is 5.75 Å². The van der Waals surface area contributed by atoms with Crippen LogP contribution < -0.4 is 10.1 Å². The second kappa shape index (κ2) is 13.2. The van der Waals surface area contributed by atoms with Crippen molar-refractivity contribution in [2.24, 2.45) is 11.8 Å². The summed E-state index contributed by atoms with van der Waals surface area (Å²) in [7, 11) is 0. The van der Waals surface area contributed by atoms with Gasteiger partial charge in [0.25, 0.3) is 5.91 Å². The third kappa shape index (κ3) is 8.40. The van der Waals surface area contributed by atoms with Gasteiger partial charge in [-0.1, -0.05) is 41.0 Å². The van der Waals surface area contributed by atoms with E-state index in [9.17, 15) is 4.79 Å². The molecule has 1 N–H and O–H groups in total. The molecule has 0 aliphatic carbocycles. The molecule has 5 nitrogen and oxygen atoms in total. The van der Waals surface area contributed by atoms with Crippen molar-refractivity contribution >= 4 is 11.6 Å². The number of nitrogens with one attached hydrogen (secondary N) is 1. The molecule has 1 aromatic carbocycles. The first-order valence-corrected chi connectivity index (χ1v) is 12.7. The zero-order chi connectivity index (χ0) is 23.6. The minimum Gasteiger partial charge on any atom is -0.492 e. The summed E-state index contributed by atoms with van der Waals surface area (Å²) in [4.78, 5) is 15.9. The SMILES string of the molecule is CCCOC(CC(C)C)(CC(C)C)C(=O)Nc1ccc(OCCN2CCCC[C@@H]2C)cc1. The molecule has 1 atom stereocenters. The molecule has 1 fully saturated rings. The number of hydrogen-bond acceptors (Lipinski definition) is 4. The van der Waals surface area contributed by atoms with Crippen LogP contribution in [0.25, 0.3) is 0 Å². The lowest BCUT2D eigenvalue weighted by atomic mass is 9.83. The molecular formula is C27H46N2O3. The van der Waals surface area contributed by atoms with Crippen molar-refractivity contribution in [3.05, 3.63) is 24.3 Å². The molecule has 1 aliphatic rings. The topological polar surface area (TPSA) is 50.8 Å². The third-order valence-corrected chi connectivity index (χ3v) is 6.17. The molecule has 0 bridgehead atoms. The highest BCUT2D eigenvalue weighted by Crippen LogP contribution is 2.31. The maximum absolute atomic E-state index is 13.4. The molecule has 2 rings (SSSR count). The Balaban J connectivity index is 1.97. The minimum absolute atomic E-state index is 0.0406. The molecule has 1 aromatic rings. The van der Waals surface area contributed by atoms with Crippen molar-refractivity contribution in [1.82, 2.24) is 4.90 Å². The van der Waals surface area contributed by atoms with E-state index in [1.165, 1.54) is 25.8 Å². The van der Waals surface area contributed by atoms with Crippen molar-refractivity contribution in [1.29, 1.82) is 0 Å². The summed E-state index contributed by atoms with van der Waals surface area (Å²) >= 11 is 0. The Bertz CT molecular complexity index is 662. The van der Waals surface area contributed by atoms with Gasteiger partial charge in [-0.3, -0.25) is 9.69 Å². The van der Waals surface area contributed by atoms with Crippen LogP contribution >= 0.6 is 0 Å². The number of ether oxygens (including phenoxy) is 2. The molecule has 1 aliphatic heterocycles. The minimum atomic E-state index is -0.793. The van der Waals surface area contributed by atoms with E-state index in [0.29, 0.717) is 43.9 Å². The molecule has 0 spiro atoms. The van der Waals surface area contributed by atoms with Crippen LogP contribution in [0.15, 0.2) is 24.3 Å². The van der Waals surface area contributed by atoms with Crippen molar-refractivity contribution in [3.8, 4) is 5.75 Å². The summed E-state index contributed by atoms with van der Waals surface area (Å²) in [6, 6.07) is 8.37. The number of amides is 1. The van der Waals surface area contributed by atoms with E-state index in [4.69, 9.17) is 9.47 Å². The summed E-state index contributed by atoms with van der Waals surface area (Å²) in [5.74, 6) is 1.54. The zero-order valence-corrected chi connectivity index (χ0v) is 21.3. The highest BCUT2D eigenvalue weighted by molar-refractivity contribution is 5.97. The van der Waals surface area contributed by atoms with Crippen LogP contribution in [0.4, 0.5) is 5.69 Å². The van der Waals surface area contributed by atoms with E-state index in [2.05, 4.69) is 51.8 Å². The maximum atomic E-state index is 13.4. The van der Waals surface area contributed by atoms with Crippen molar-refractivity contribution in [2.75, 3.05) is 31.6 Å². The van der Waals surface area contributed by atoms with Gasteiger partial charge >= 0.3 is 0 Å². The number of benzene rings is 1. The molecule has 1 heterocycles. The van der Waals surface area contributed by atoms with Crippen LogP contribution in [-0.2, 0) is 9.53 Å². The predicted molar refractivity (Wildman–Crippen MR) is 133 cm³/mol. The average molecular weight is 447 g/mol. The lowest BCUT2D eigenvalue weighted by Crippen LogP contribution is -2.47. The number of hydrogen-bond donors (Lipinski definition) is 1. The molecule has 182 valence electrons. The van der Waals surface area contributed by atoms with Crippen LogP contribution in [-0.4, -0.2) is 48.8 Å². The highest BCUT2D eigenvalue weighted by atomic mass is 16.5. The van der Waals surface area contributed by atoms with Gasteiger partial charge in [0.15, 0.2) is 0 Å². The first kappa shape index (κ1) is 26.7. The van der Waals surface area contributed by atoms with Crippen LogP contribution in [0.2, 0.25) is 0 Å².